The maximum atomic E-state index is 9.47. The summed E-state index contributed by atoms with van der Waals surface area (Å²) < 4.78 is 2.05. The minimum absolute atomic E-state index is 0.471. The van der Waals surface area contributed by atoms with Crippen LogP contribution in [0, 0.1) is 6.92 Å². The average Bonchev–Trinajstić information content (AvgIpc) is 2.91. The molecular weight excluding hydrogens is 220 g/mol. The van der Waals surface area contributed by atoms with Gasteiger partial charge in [0, 0.05) is 6.54 Å². The predicted molar refractivity (Wildman–Crippen MR) is 59.0 cm³/mol. The van der Waals surface area contributed by atoms with Gasteiger partial charge in [0.25, 0.3) is 0 Å². The highest BCUT2D eigenvalue weighted by molar-refractivity contribution is 5.47. The van der Waals surface area contributed by atoms with Gasteiger partial charge in [-0.2, -0.15) is 10.2 Å². The Kier molecular flexibility index (Phi) is 2.23. The molecule has 0 bridgehead atoms. The largest absolute Gasteiger partial charge is 0.324 e. The van der Waals surface area contributed by atoms with Crippen molar-refractivity contribution < 1.29 is 5.21 Å². The molecule has 1 aliphatic rings. The van der Waals surface area contributed by atoms with Crippen LogP contribution in [0.4, 0.5) is 0 Å². The van der Waals surface area contributed by atoms with E-state index < -0.39 is 0 Å². The Labute approximate surface area is 98.1 Å². The monoisotopic (exact) mass is 234 g/mol. The van der Waals surface area contributed by atoms with Gasteiger partial charge in [0.05, 0.1) is 24.5 Å². The molecule has 0 fully saturated rings. The lowest BCUT2D eigenvalue weighted by atomic mass is 10.4. The summed E-state index contributed by atoms with van der Waals surface area (Å²) >= 11 is 0. The lowest BCUT2D eigenvalue weighted by Gasteiger charge is -2.08. The Morgan fingerprint density at radius 3 is 2.82 bits per heavy atom. The Balaban J connectivity index is 2.10. The minimum Gasteiger partial charge on any atom is -0.324 e. The molecule has 0 radical (unpaired) electrons. The smallest absolute Gasteiger partial charge is 0.217 e. The Hall–Kier alpha value is -1.73. The summed E-state index contributed by atoms with van der Waals surface area (Å²) in [6, 6.07) is 0. The second-order valence-corrected chi connectivity index (χ2v) is 4.14. The number of aromatic nitrogens is 5. The lowest BCUT2D eigenvalue weighted by Crippen LogP contribution is -2.13. The normalized spacial score (nSPS) is 15.5. The Morgan fingerprint density at radius 1 is 1.35 bits per heavy atom. The molecule has 0 aromatic carbocycles. The van der Waals surface area contributed by atoms with E-state index in [1.165, 1.54) is 5.06 Å². The van der Waals surface area contributed by atoms with Gasteiger partial charge in [-0.25, -0.2) is 9.97 Å². The molecule has 2 aromatic heterocycles. The van der Waals surface area contributed by atoms with E-state index in [4.69, 9.17) is 0 Å². The minimum atomic E-state index is 0.471. The SMILES string of the molecule is CCn1c(-c2n[nH]c(C)n2)nc2c1CN(O)C2. The van der Waals surface area contributed by atoms with E-state index >= 15 is 0 Å². The maximum Gasteiger partial charge on any atom is 0.217 e. The molecule has 7 nitrogen and oxygen atoms in total. The highest BCUT2D eigenvalue weighted by Gasteiger charge is 2.27. The third-order valence-corrected chi connectivity index (χ3v) is 2.93. The predicted octanol–water partition coefficient (Wildman–Crippen LogP) is 0.701. The van der Waals surface area contributed by atoms with Gasteiger partial charge in [-0.05, 0) is 13.8 Å². The Morgan fingerprint density at radius 2 is 2.18 bits per heavy atom. The van der Waals surface area contributed by atoms with Crippen molar-refractivity contribution >= 4 is 0 Å². The molecule has 0 unspecified atom stereocenters. The highest BCUT2D eigenvalue weighted by Crippen LogP contribution is 2.26. The molecule has 17 heavy (non-hydrogen) atoms. The zero-order chi connectivity index (χ0) is 12.0. The molecule has 0 aliphatic carbocycles. The molecule has 0 saturated carbocycles. The van der Waals surface area contributed by atoms with Crippen LogP contribution in [0.3, 0.4) is 0 Å². The number of hydroxylamine groups is 2. The number of H-pyrrole nitrogens is 1. The van der Waals surface area contributed by atoms with Crippen LogP contribution in [0.25, 0.3) is 11.6 Å². The zero-order valence-corrected chi connectivity index (χ0v) is 9.80. The summed E-state index contributed by atoms with van der Waals surface area (Å²) in [4.78, 5) is 8.81. The summed E-state index contributed by atoms with van der Waals surface area (Å²) in [5.74, 6) is 2.16. The van der Waals surface area contributed by atoms with E-state index in [0.717, 1.165) is 29.6 Å². The van der Waals surface area contributed by atoms with Crippen molar-refractivity contribution in [3.05, 3.63) is 17.2 Å². The molecule has 2 N–H and O–H groups in total. The van der Waals surface area contributed by atoms with Crippen LogP contribution in [0.15, 0.2) is 0 Å². The molecular formula is C10H14N6O. The molecule has 3 rings (SSSR count). The highest BCUT2D eigenvalue weighted by atomic mass is 16.5. The van der Waals surface area contributed by atoms with E-state index in [-0.39, 0.29) is 0 Å². The first-order valence-corrected chi connectivity index (χ1v) is 5.60. The summed E-state index contributed by atoms with van der Waals surface area (Å²) in [6.07, 6.45) is 0. The first-order chi connectivity index (χ1) is 8.19. The molecule has 3 heterocycles. The number of hydrogen-bond donors (Lipinski definition) is 2. The fraction of sp³-hybridized carbons (Fsp3) is 0.500. The molecule has 0 saturated heterocycles. The van der Waals surface area contributed by atoms with Crippen molar-refractivity contribution in [1.82, 2.24) is 29.8 Å². The number of aryl methyl sites for hydroxylation is 1. The average molecular weight is 234 g/mol. The first kappa shape index (κ1) is 10.4. The fourth-order valence-electron chi connectivity index (χ4n) is 2.20. The van der Waals surface area contributed by atoms with Crippen LogP contribution < -0.4 is 0 Å². The standard InChI is InChI=1S/C10H14N6O/c1-3-16-8-5-15(17)4-7(8)12-10(16)9-11-6(2)13-14-9/h17H,3-5H2,1-2H3,(H,11,13,14). The van der Waals surface area contributed by atoms with Crippen molar-refractivity contribution in [2.24, 2.45) is 0 Å². The van der Waals surface area contributed by atoms with Crippen LogP contribution in [-0.2, 0) is 19.6 Å². The van der Waals surface area contributed by atoms with Crippen LogP contribution in [0.2, 0.25) is 0 Å². The summed E-state index contributed by atoms with van der Waals surface area (Å²) in [7, 11) is 0. The number of imidazole rings is 1. The zero-order valence-electron chi connectivity index (χ0n) is 9.80. The maximum absolute atomic E-state index is 9.47. The molecule has 90 valence electrons. The summed E-state index contributed by atoms with van der Waals surface area (Å²) in [6.45, 7) is 5.68. The summed E-state index contributed by atoms with van der Waals surface area (Å²) in [5.41, 5.74) is 1.96. The summed E-state index contributed by atoms with van der Waals surface area (Å²) in [5, 5.41) is 17.7. The molecule has 0 atom stereocenters. The van der Waals surface area contributed by atoms with Gasteiger partial charge in [-0.1, -0.05) is 0 Å². The van der Waals surface area contributed by atoms with Gasteiger partial charge >= 0.3 is 0 Å². The fourth-order valence-corrected chi connectivity index (χ4v) is 2.20. The van der Waals surface area contributed by atoms with Gasteiger partial charge in [-0.3, -0.25) is 5.10 Å². The number of fused-ring (bicyclic) bond motifs is 1. The van der Waals surface area contributed by atoms with E-state index in [9.17, 15) is 5.21 Å². The van der Waals surface area contributed by atoms with E-state index in [0.29, 0.717) is 18.9 Å². The Bertz CT molecular complexity index is 557. The van der Waals surface area contributed by atoms with Crippen molar-refractivity contribution in [2.75, 3.05) is 0 Å². The van der Waals surface area contributed by atoms with Crippen molar-refractivity contribution in [3.63, 3.8) is 0 Å². The molecule has 1 aliphatic heterocycles. The molecule has 0 spiro atoms. The van der Waals surface area contributed by atoms with E-state index in [1.54, 1.807) is 0 Å². The quantitative estimate of drug-likeness (QED) is 0.799. The van der Waals surface area contributed by atoms with Gasteiger partial charge in [0.1, 0.15) is 5.82 Å². The topological polar surface area (TPSA) is 82.9 Å². The number of hydrogen-bond acceptors (Lipinski definition) is 5. The van der Waals surface area contributed by atoms with Crippen LogP contribution in [0.1, 0.15) is 24.1 Å². The second-order valence-electron chi connectivity index (χ2n) is 4.14. The lowest BCUT2D eigenvalue weighted by molar-refractivity contribution is -0.0985. The third-order valence-electron chi connectivity index (χ3n) is 2.93. The van der Waals surface area contributed by atoms with Gasteiger partial charge < -0.3 is 9.77 Å². The molecule has 0 amide bonds. The number of rotatable bonds is 2. The van der Waals surface area contributed by atoms with Crippen molar-refractivity contribution in [3.8, 4) is 11.6 Å². The van der Waals surface area contributed by atoms with Crippen LogP contribution in [0.5, 0.6) is 0 Å². The van der Waals surface area contributed by atoms with Gasteiger partial charge in [0.2, 0.25) is 5.82 Å². The van der Waals surface area contributed by atoms with Crippen molar-refractivity contribution in [2.45, 2.75) is 33.5 Å². The molecule has 7 heteroatoms. The number of aromatic amines is 1. The second kappa shape index (κ2) is 3.64. The van der Waals surface area contributed by atoms with E-state index in [2.05, 4.69) is 20.2 Å². The van der Waals surface area contributed by atoms with Crippen LogP contribution in [-0.4, -0.2) is 35.0 Å². The first-order valence-electron chi connectivity index (χ1n) is 5.60. The third kappa shape index (κ3) is 1.55. The van der Waals surface area contributed by atoms with Gasteiger partial charge in [0.15, 0.2) is 5.82 Å². The number of nitrogens with zero attached hydrogens (tertiary/aromatic N) is 5. The van der Waals surface area contributed by atoms with Gasteiger partial charge in [-0.15, -0.1) is 0 Å². The number of nitrogens with one attached hydrogen (secondary N) is 1. The van der Waals surface area contributed by atoms with Crippen LogP contribution >= 0.6 is 0 Å². The van der Waals surface area contributed by atoms with Crippen molar-refractivity contribution in [1.29, 1.82) is 0 Å². The van der Waals surface area contributed by atoms with E-state index in [1.807, 2.05) is 18.4 Å². The molecule has 2 aromatic rings.